The molecule has 2 aromatic rings. The molecule has 24 heavy (non-hydrogen) atoms. The highest BCUT2D eigenvalue weighted by atomic mass is 16.5. The van der Waals surface area contributed by atoms with Crippen molar-refractivity contribution in [1.29, 1.82) is 0 Å². The lowest BCUT2D eigenvalue weighted by Gasteiger charge is -2.33. The normalized spacial score (nSPS) is 16.5. The molecule has 0 saturated heterocycles. The van der Waals surface area contributed by atoms with Crippen LogP contribution in [0.4, 0.5) is 0 Å². The predicted molar refractivity (Wildman–Crippen MR) is 85.6 cm³/mol. The molecule has 1 aliphatic heterocycles. The van der Waals surface area contributed by atoms with Crippen molar-refractivity contribution in [3.63, 3.8) is 0 Å². The first-order valence-electron chi connectivity index (χ1n) is 7.57. The summed E-state index contributed by atoms with van der Waals surface area (Å²) in [7, 11) is 4.77. The lowest BCUT2D eigenvalue weighted by molar-refractivity contribution is -0.146. The van der Waals surface area contributed by atoms with Crippen molar-refractivity contribution in [1.82, 2.24) is 14.5 Å². The molecule has 1 atom stereocenters. The minimum absolute atomic E-state index is 0.222. The van der Waals surface area contributed by atoms with Crippen LogP contribution in [-0.4, -0.2) is 46.6 Å². The van der Waals surface area contributed by atoms with Crippen LogP contribution >= 0.6 is 0 Å². The summed E-state index contributed by atoms with van der Waals surface area (Å²) in [4.78, 5) is 30.9. The number of carbonyl (C=O) groups excluding carboxylic acids is 2. The third kappa shape index (κ3) is 2.73. The summed E-state index contributed by atoms with van der Waals surface area (Å²) in [6.07, 6.45) is 2.05. The maximum atomic E-state index is 12.9. The first-order chi connectivity index (χ1) is 11.5. The molecule has 1 aliphatic rings. The Labute approximate surface area is 139 Å². The van der Waals surface area contributed by atoms with Gasteiger partial charge in [0.05, 0.1) is 38.5 Å². The largest absolute Gasteiger partial charge is 0.497 e. The Morgan fingerprint density at radius 2 is 1.92 bits per heavy atom. The molecule has 0 spiro atoms. The molecule has 1 unspecified atom stereocenters. The Hall–Kier alpha value is -2.83. The van der Waals surface area contributed by atoms with Crippen LogP contribution in [0.15, 0.2) is 30.6 Å². The monoisotopic (exact) mass is 329 g/mol. The molecule has 126 valence electrons. The number of imidazole rings is 1. The molecule has 7 nitrogen and oxygen atoms in total. The molecule has 0 N–H and O–H groups in total. The van der Waals surface area contributed by atoms with Crippen molar-refractivity contribution in [3.05, 3.63) is 47.5 Å². The second kappa shape index (κ2) is 6.35. The number of ether oxygens (including phenoxy) is 2. The summed E-state index contributed by atoms with van der Waals surface area (Å²) in [5.41, 5.74) is 2.25. The first-order valence-corrected chi connectivity index (χ1v) is 7.57. The van der Waals surface area contributed by atoms with Gasteiger partial charge in [-0.15, -0.1) is 0 Å². The van der Waals surface area contributed by atoms with Crippen LogP contribution in [0.2, 0.25) is 0 Å². The predicted octanol–water partition coefficient (Wildman–Crippen LogP) is 1.17. The summed E-state index contributed by atoms with van der Waals surface area (Å²) >= 11 is 0. The van der Waals surface area contributed by atoms with Gasteiger partial charge in [0.1, 0.15) is 11.8 Å². The van der Waals surface area contributed by atoms with E-state index in [1.54, 1.807) is 37.7 Å². The third-order valence-electron chi connectivity index (χ3n) is 4.30. The number of hydrogen-bond donors (Lipinski definition) is 0. The fourth-order valence-electron chi connectivity index (χ4n) is 2.90. The second-order valence-corrected chi connectivity index (χ2v) is 5.65. The maximum Gasteiger partial charge on any atom is 0.329 e. The van der Waals surface area contributed by atoms with Crippen molar-refractivity contribution in [2.45, 2.75) is 19.0 Å². The van der Waals surface area contributed by atoms with Gasteiger partial charge < -0.3 is 18.9 Å². The summed E-state index contributed by atoms with van der Waals surface area (Å²) in [6, 6.07) is 6.15. The molecule has 0 aliphatic carbocycles. The number of methoxy groups -OCH3 is 2. The van der Waals surface area contributed by atoms with Crippen molar-refractivity contribution in [3.8, 4) is 5.75 Å². The quantitative estimate of drug-likeness (QED) is 0.790. The Balaban J connectivity index is 1.94. The van der Waals surface area contributed by atoms with Gasteiger partial charge in [-0.2, -0.15) is 0 Å². The standard InChI is InChI=1S/C17H19N3O4/c1-19-10-18-13-8-14(17(22)24-3)20(9-15(13)19)16(21)11-4-6-12(23-2)7-5-11/h4-7,10,14H,8-9H2,1-3H3. The molecular weight excluding hydrogens is 310 g/mol. The number of hydrogen-bond acceptors (Lipinski definition) is 5. The number of aromatic nitrogens is 2. The van der Waals surface area contributed by atoms with Crippen molar-refractivity contribution in [2.24, 2.45) is 7.05 Å². The number of aryl methyl sites for hydroxylation is 1. The Morgan fingerprint density at radius 1 is 1.21 bits per heavy atom. The van der Waals surface area contributed by atoms with Gasteiger partial charge in [0, 0.05) is 19.0 Å². The minimum Gasteiger partial charge on any atom is -0.497 e. The number of carbonyl (C=O) groups is 2. The number of benzene rings is 1. The zero-order chi connectivity index (χ0) is 17.3. The number of amides is 1. The van der Waals surface area contributed by atoms with E-state index in [-0.39, 0.29) is 5.91 Å². The van der Waals surface area contributed by atoms with Crippen LogP contribution in [0, 0.1) is 0 Å². The fourth-order valence-corrected chi connectivity index (χ4v) is 2.90. The zero-order valence-electron chi connectivity index (χ0n) is 13.9. The van der Waals surface area contributed by atoms with Crippen molar-refractivity contribution in [2.75, 3.05) is 14.2 Å². The Bertz CT molecular complexity index is 767. The van der Waals surface area contributed by atoms with E-state index in [9.17, 15) is 9.59 Å². The molecule has 0 bridgehead atoms. The van der Waals surface area contributed by atoms with Crippen LogP contribution in [0.25, 0.3) is 0 Å². The maximum absolute atomic E-state index is 12.9. The van der Waals surface area contributed by atoms with Crippen LogP contribution < -0.4 is 4.74 Å². The van der Waals surface area contributed by atoms with Gasteiger partial charge in [0.15, 0.2) is 0 Å². The Kier molecular flexibility index (Phi) is 4.24. The highest BCUT2D eigenvalue weighted by Crippen LogP contribution is 2.25. The van der Waals surface area contributed by atoms with E-state index < -0.39 is 12.0 Å². The molecule has 0 radical (unpaired) electrons. The molecule has 3 rings (SSSR count). The molecular formula is C17H19N3O4. The lowest BCUT2D eigenvalue weighted by Crippen LogP contribution is -2.49. The summed E-state index contributed by atoms with van der Waals surface area (Å²) in [6.45, 7) is 0.316. The molecule has 1 aromatic carbocycles. The van der Waals surface area contributed by atoms with Gasteiger partial charge in [-0.3, -0.25) is 4.79 Å². The highest BCUT2D eigenvalue weighted by molar-refractivity contribution is 5.97. The summed E-state index contributed by atoms with van der Waals surface area (Å²) in [5, 5.41) is 0. The van der Waals surface area contributed by atoms with Crippen molar-refractivity contribution < 1.29 is 19.1 Å². The highest BCUT2D eigenvalue weighted by Gasteiger charge is 2.37. The topological polar surface area (TPSA) is 73.7 Å². The first kappa shape index (κ1) is 16.0. The molecule has 1 aromatic heterocycles. The smallest absolute Gasteiger partial charge is 0.329 e. The molecule has 0 fully saturated rings. The molecule has 7 heteroatoms. The number of rotatable bonds is 3. The third-order valence-corrected chi connectivity index (χ3v) is 4.30. The van der Waals surface area contributed by atoms with Gasteiger partial charge in [-0.25, -0.2) is 9.78 Å². The lowest BCUT2D eigenvalue weighted by atomic mass is 10.0. The van der Waals surface area contributed by atoms with Crippen LogP contribution in [0.3, 0.4) is 0 Å². The number of nitrogens with zero attached hydrogens (tertiary/aromatic N) is 3. The van der Waals surface area contributed by atoms with E-state index in [0.717, 1.165) is 11.4 Å². The fraction of sp³-hybridized carbons (Fsp3) is 0.353. The van der Waals surface area contributed by atoms with Gasteiger partial charge in [-0.05, 0) is 24.3 Å². The van der Waals surface area contributed by atoms with Crippen LogP contribution in [0.5, 0.6) is 5.75 Å². The number of fused-ring (bicyclic) bond motifs is 1. The molecule has 0 saturated carbocycles. The van der Waals surface area contributed by atoms with Crippen molar-refractivity contribution >= 4 is 11.9 Å². The molecule has 1 amide bonds. The second-order valence-electron chi connectivity index (χ2n) is 5.65. The van der Waals surface area contributed by atoms with Crippen LogP contribution in [0.1, 0.15) is 21.7 Å². The van der Waals surface area contributed by atoms with Gasteiger partial charge in [-0.1, -0.05) is 0 Å². The van der Waals surface area contributed by atoms with E-state index in [0.29, 0.717) is 24.3 Å². The zero-order valence-corrected chi connectivity index (χ0v) is 13.9. The number of esters is 1. The average molecular weight is 329 g/mol. The van der Waals surface area contributed by atoms with E-state index in [2.05, 4.69) is 4.98 Å². The minimum atomic E-state index is -0.674. The molecule has 2 heterocycles. The van der Waals surface area contributed by atoms with E-state index >= 15 is 0 Å². The van der Waals surface area contributed by atoms with E-state index in [4.69, 9.17) is 9.47 Å². The van der Waals surface area contributed by atoms with Gasteiger partial charge in [0.2, 0.25) is 0 Å². The van der Waals surface area contributed by atoms with E-state index in [1.165, 1.54) is 12.0 Å². The Morgan fingerprint density at radius 3 is 2.54 bits per heavy atom. The van der Waals surface area contributed by atoms with Gasteiger partial charge >= 0.3 is 5.97 Å². The average Bonchev–Trinajstić information content (AvgIpc) is 2.99. The van der Waals surface area contributed by atoms with Crippen LogP contribution in [-0.2, 0) is 29.5 Å². The SMILES string of the molecule is COC(=O)C1Cc2ncn(C)c2CN1C(=O)c1ccc(OC)cc1. The van der Waals surface area contributed by atoms with Gasteiger partial charge in [0.25, 0.3) is 5.91 Å². The summed E-state index contributed by atoms with van der Waals surface area (Å²) in [5.74, 6) is 0.0108. The van der Waals surface area contributed by atoms with E-state index in [1.807, 2.05) is 11.6 Å². The summed E-state index contributed by atoms with van der Waals surface area (Å²) < 4.78 is 11.9.